The van der Waals surface area contributed by atoms with Crippen LogP contribution in [0.1, 0.15) is 41.5 Å². The molecule has 0 aliphatic rings. The van der Waals surface area contributed by atoms with E-state index in [2.05, 4.69) is 16.0 Å². The summed E-state index contributed by atoms with van der Waals surface area (Å²) in [5.41, 5.74) is -0.829. The fourth-order valence-electron chi connectivity index (χ4n) is 2.02. The van der Waals surface area contributed by atoms with Gasteiger partial charge >= 0.3 is 18.2 Å². The molecule has 0 bridgehead atoms. The second-order valence-corrected chi connectivity index (χ2v) is 8.21. The molecule has 0 heterocycles. The molecule has 3 amide bonds. The first-order valence-electron chi connectivity index (χ1n) is 9.00. The second kappa shape index (κ2) is 9.77. The van der Waals surface area contributed by atoms with Crippen molar-refractivity contribution >= 4 is 41.1 Å². The van der Waals surface area contributed by atoms with Crippen LogP contribution in [0.5, 0.6) is 0 Å². The number of carbonyl (C=O) groups excluding carboxylic acids is 3. The number of benzene rings is 1. The van der Waals surface area contributed by atoms with Crippen molar-refractivity contribution in [1.82, 2.24) is 0 Å². The number of rotatable bonds is 5. The van der Waals surface area contributed by atoms with Gasteiger partial charge in [-0.05, 0) is 59.7 Å². The van der Waals surface area contributed by atoms with Crippen molar-refractivity contribution in [3.05, 3.63) is 30.4 Å². The molecule has 0 atom stereocenters. The largest absolute Gasteiger partial charge is 0.478 e. The zero-order chi connectivity index (χ0) is 23.1. The van der Waals surface area contributed by atoms with Crippen LogP contribution in [0, 0.1) is 0 Å². The molecule has 0 unspecified atom stereocenters. The maximum absolute atomic E-state index is 12.1. The predicted molar refractivity (Wildman–Crippen MR) is 112 cm³/mol. The van der Waals surface area contributed by atoms with Crippen LogP contribution in [-0.4, -0.2) is 40.4 Å². The minimum Gasteiger partial charge on any atom is -0.478 e. The topological polar surface area (TPSA) is 143 Å². The number of nitrogens with one attached hydrogen (secondary N) is 3. The molecule has 0 radical (unpaired) electrons. The monoisotopic (exact) mass is 421 g/mol. The lowest BCUT2D eigenvalue weighted by Gasteiger charge is -2.21. The zero-order valence-electron chi connectivity index (χ0n) is 17.8. The summed E-state index contributed by atoms with van der Waals surface area (Å²) in [7, 11) is 0. The summed E-state index contributed by atoms with van der Waals surface area (Å²) < 4.78 is 10.4. The molecular formula is C20H27N3O7. The van der Waals surface area contributed by atoms with Gasteiger partial charge in [0.05, 0.1) is 0 Å². The molecule has 0 saturated heterocycles. The van der Waals surface area contributed by atoms with Gasteiger partial charge in [-0.2, -0.15) is 0 Å². The van der Waals surface area contributed by atoms with Gasteiger partial charge in [0, 0.05) is 29.2 Å². The van der Waals surface area contributed by atoms with Crippen LogP contribution in [0.4, 0.5) is 26.7 Å². The second-order valence-electron chi connectivity index (χ2n) is 8.21. The molecule has 1 rings (SSSR count). The van der Waals surface area contributed by atoms with Crippen LogP contribution < -0.4 is 16.0 Å². The number of hydrogen-bond donors (Lipinski definition) is 4. The number of ether oxygens (including phenoxy) is 2. The standard InChI is InChI=1S/C20H27N3O7/c1-19(2,3)29-17(27)22-13-9-12(21-15(24)7-8-16(25)26)10-14(11-13)23-18(28)30-20(4,5)6/h7-11H,1-6H3,(H,21,24)(H,22,27)(H,23,28)(H,25,26). The number of hydrogen-bond acceptors (Lipinski definition) is 6. The molecule has 0 saturated carbocycles. The van der Waals surface area contributed by atoms with Crippen LogP contribution >= 0.6 is 0 Å². The van der Waals surface area contributed by atoms with E-state index in [1.807, 2.05) is 0 Å². The average molecular weight is 421 g/mol. The number of carboxylic acid groups (broad SMARTS) is 1. The summed E-state index contributed by atoms with van der Waals surface area (Å²) >= 11 is 0. The number of anilines is 3. The quantitative estimate of drug-likeness (QED) is 0.527. The van der Waals surface area contributed by atoms with Crippen LogP contribution in [-0.2, 0) is 19.1 Å². The summed E-state index contributed by atoms with van der Waals surface area (Å²) in [5.74, 6) is -1.99. The lowest BCUT2D eigenvalue weighted by Crippen LogP contribution is -2.28. The van der Waals surface area contributed by atoms with Gasteiger partial charge in [0.2, 0.25) is 5.91 Å². The Labute approximate surface area is 174 Å². The predicted octanol–water partition coefficient (Wildman–Crippen LogP) is 3.96. The molecule has 0 aliphatic carbocycles. The lowest BCUT2D eigenvalue weighted by atomic mass is 10.2. The van der Waals surface area contributed by atoms with Crippen molar-refractivity contribution in [3.8, 4) is 0 Å². The van der Waals surface area contributed by atoms with Crippen molar-refractivity contribution in [2.24, 2.45) is 0 Å². The van der Waals surface area contributed by atoms with Crippen LogP contribution in [0.15, 0.2) is 30.4 Å². The molecule has 0 fully saturated rings. The summed E-state index contributed by atoms with van der Waals surface area (Å²) in [6.45, 7) is 10.2. The minimum atomic E-state index is -1.28. The van der Waals surface area contributed by atoms with Crippen LogP contribution in [0.2, 0.25) is 0 Å². The van der Waals surface area contributed by atoms with E-state index < -0.39 is 35.3 Å². The number of aliphatic carboxylic acids is 1. The van der Waals surface area contributed by atoms with Crippen molar-refractivity contribution in [3.63, 3.8) is 0 Å². The van der Waals surface area contributed by atoms with Gasteiger partial charge in [0.25, 0.3) is 0 Å². The van der Waals surface area contributed by atoms with Crippen molar-refractivity contribution in [2.75, 3.05) is 16.0 Å². The zero-order valence-corrected chi connectivity index (χ0v) is 17.8. The van der Waals surface area contributed by atoms with E-state index in [4.69, 9.17) is 14.6 Å². The highest BCUT2D eigenvalue weighted by Gasteiger charge is 2.19. The molecule has 30 heavy (non-hydrogen) atoms. The first-order valence-corrected chi connectivity index (χ1v) is 9.00. The van der Waals surface area contributed by atoms with Gasteiger partial charge in [-0.25, -0.2) is 14.4 Å². The highest BCUT2D eigenvalue weighted by atomic mass is 16.6. The summed E-state index contributed by atoms with van der Waals surface area (Å²) in [6, 6.07) is 4.27. The number of amides is 3. The molecule has 10 heteroatoms. The molecular weight excluding hydrogens is 394 g/mol. The van der Waals surface area contributed by atoms with E-state index in [-0.39, 0.29) is 17.1 Å². The van der Waals surface area contributed by atoms with E-state index in [0.29, 0.717) is 6.08 Å². The van der Waals surface area contributed by atoms with Gasteiger partial charge in [-0.3, -0.25) is 15.4 Å². The maximum Gasteiger partial charge on any atom is 0.412 e. The molecule has 10 nitrogen and oxygen atoms in total. The Morgan fingerprint density at radius 1 is 0.733 bits per heavy atom. The minimum absolute atomic E-state index is 0.189. The highest BCUT2D eigenvalue weighted by Crippen LogP contribution is 2.24. The average Bonchev–Trinajstić information content (AvgIpc) is 2.48. The van der Waals surface area contributed by atoms with Crippen molar-refractivity contribution in [2.45, 2.75) is 52.7 Å². The lowest BCUT2D eigenvalue weighted by molar-refractivity contribution is -0.131. The highest BCUT2D eigenvalue weighted by molar-refractivity contribution is 6.03. The first kappa shape index (κ1) is 24.5. The third-order valence-electron chi connectivity index (χ3n) is 2.87. The fourth-order valence-corrected chi connectivity index (χ4v) is 2.02. The Balaban J connectivity index is 3.10. The van der Waals surface area contributed by atoms with Crippen LogP contribution in [0.25, 0.3) is 0 Å². The van der Waals surface area contributed by atoms with E-state index in [1.54, 1.807) is 41.5 Å². The smallest absolute Gasteiger partial charge is 0.412 e. The molecule has 4 N–H and O–H groups in total. The molecule has 0 spiro atoms. The molecule has 1 aromatic rings. The summed E-state index contributed by atoms with van der Waals surface area (Å²) in [5, 5.41) is 16.1. The Hall–Kier alpha value is -3.56. The van der Waals surface area contributed by atoms with Crippen molar-refractivity contribution < 1.29 is 33.8 Å². The summed E-state index contributed by atoms with van der Waals surface area (Å²) in [6.07, 6.45) is 0.0369. The Bertz CT molecular complexity index is 801. The normalized spacial score (nSPS) is 11.5. The number of carbonyl (C=O) groups is 4. The summed E-state index contributed by atoms with van der Waals surface area (Å²) in [4.78, 5) is 46.5. The van der Waals surface area contributed by atoms with E-state index in [9.17, 15) is 19.2 Å². The van der Waals surface area contributed by atoms with Gasteiger partial charge in [0.15, 0.2) is 0 Å². The Kier molecular flexibility index (Phi) is 7.97. The first-order chi connectivity index (χ1) is 13.6. The van der Waals surface area contributed by atoms with Gasteiger partial charge in [-0.15, -0.1) is 0 Å². The SMILES string of the molecule is CC(C)(C)OC(=O)Nc1cc(NC(=O)C=CC(=O)O)cc(NC(=O)OC(C)(C)C)c1. The molecule has 1 aromatic carbocycles. The maximum atomic E-state index is 12.1. The van der Waals surface area contributed by atoms with Gasteiger partial charge in [0.1, 0.15) is 11.2 Å². The molecule has 164 valence electrons. The number of carboxylic acids is 1. The van der Waals surface area contributed by atoms with E-state index in [1.165, 1.54) is 18.2 Å². The van der Waals surface area contributed by atoms with Gasteiger partial charge < -0.3 is 19.9 Å². The fraction of sp³-hybridized carbons (Fsp3) is 0.400. The third kappa shape index (κ3) is 10.7. The third-order valence-corrected chi connectivity index (χ3v) is 2.87. The Morgan fingerprint density at radius 3 is 1.43 bits per heavy atom. The molecule has 0 aliphatic heterocycles. The van der Waals surface area contributed by atoms with E-state index in [0.717, 1.165) is 6.08 Å². The van der Waals surface area contributed by atoms with Crippen molar-refractivity contribution in [1.29, 1.82) is 0 Å². The van der Waals surface area contributed by atoms with Gasteiger partial charge in [-0.1, -0.05) is 0 Å². The van der Waals surface area contributed by atoms with Crippen LogP contribution in [0.3, 0.4) is 0 Å². The molecule has 0 aromatic heterocycles. The van der Waals surface area contributed by atoms with E-state index >= 15 is 0 Å². The Morgan fingerprint density at radius 2 is 1.10 bits per heavy atom.